The highest BCUT2D eigenvalue weighted by Crippen LogP contribution is 2.40. The molecular weight excluding hydrogens is 383 g/mol. The first-order valence-corrected chi connectivity index (χ1v) is 11.0. The van der Waals surface area contributed by atoms with E-state index >= 15 is 0 Å². The van der Waals surface area contributed by atoms with Crippen LogP contribution in [0.2, 0.25) is 0 Å². The Balaban J connectivity index is 2.02. The average molecular weight is 405 g/mol. The van der Waals surface area contributed by atoms with Gasteiger partial charge >= 0.3 is 0 Å². The molecule has 0 atom stereocenters. The summed E-state index contributed by atoms with van der Waals surface area (Å²) < 4.78 is 38.6. The van der Waals surface area contributed by atoms with Crippen molar-refractivity contribution in [3.63, 3.8) is 0 Å². The number of hydrogen-bond acceptors (Lipinski definition) is 4. The predicted molar refractivity (Wildman–Crippen MR) is 111 cm³/mol. The van der Waals surface area contributed by atoms with Gasteiger partial charge in [-0.25, -0.2) is 12.8 Å². The van der Waals surface area contributed by atoms with Gasteiger partial charge in [-0.05, 0) is 55.6 Å². The third kappa shape index (κ3) is 5.15. The molecule has 3 aromatic rings. The third-order valence-corrected chi connectivity index (χ3v) is 5.64. The number of nitrogens with one attached hydrogen (secondary N) is 1. The van der Waals surface area contributed by atoms with Crippen molar-refractivity contribution in [2.45, 2.75) is 6.54 Å². The lowest BCUT2D eigenvalue weighted by molar-refractivity contribution is 0.406. The van der Waals surface area contributed by atoms with Gasteiger partial charge in [-0.2, -0.15) is 0 Å². The van der Waals surface area contributed by atoms with Gasteiger partial charge in [0.25, 0.3) is 0 Å². The number of sulfonamides is 1. The highest BCUT2D eigenvalue weighted by Gasteiger charge is 2.14. The lowest BCUT2D eigenvalue weighted by Crippen LogP contribution is -2.09. The molecule has 0 amide bonds. The van der Waals surface area contributed by atoms with Crippen LogP contribution >= 0.6 is 11.3 Å². The Bertz CT molecular complexity index is 1020. The molecule has 0 unspecified atom stereocenters. The first kappa shape index (κ1) is 19.5. The Morgan fingerprint density at radius 2 is 1.59 bits per heavy atom. The molecule has 2 aromatic carbocycles. The van der Waals surface area contributed by atoms with Gasteiger partial charge in [0.2, 0.25) is 10.0 Å². The van der Waals surface area contributed by atoms with Crippen LogP contribution in [-0.4, -0.2) is 33.7 Å². The first-order valence-electron chi connectivity index (χ1n) is 8.33. The fourth-order valence-corrected chi connectivity index (χ4v) is 4.66. The van der Waals surface area contributed by atoms with Crippen LogP contribution < -0.4 is 4.72 Å². The van der Waals surface area contributed by atoms with Gasteiger partial charge in [-0.3, -0.25) is 4.72 Å². The summed E-state index contributed by atoms with van der Waals surface area (Å²) in [6, 6.07) is 15.9. The second-order valence-corrected chi connectivity index (χ2v) is 9.54. The molecule has 1 heterocycles. The van der Waals surface area contributed by atoms with E-state index in [1.807, 2.05) is 26.2 Å². The zero-order valence-electron chi connectivity index (χ0n) is 15.4. The van der Waals surface area contributed by atoms with Gasteiger partial charge < -0.3 is 4.90 Å². The zero-order valence-corrected chi connectivity index (χ0v) is 17.0. The second-order valence-electron chi connectivity index (χ2n) is 6.65. The normalized spacial score (nSPS) is 11.7. The summed E-state index contributed by atoms with van der Waals surface area (Å²) in [6.07, 6.45) is 1.12. The molecule has 1 aromatic heterocycles. The Morgan fingerprint density at radius 1 is 1.00 bits per heavy atom. The van der Waals surface area contributed by atoms with E-state index in [1.165, 1.54) is 17.0 Å². The van der Waals surface area contributed by atoms with E-state index in [2.05, 4.69) is 15.7 Å². The molecule has 0 bridgehead atoms. The quantitative estimate of drug-likeness (QED) is 0.650. The molecule has 142 valence electrons. The maximum Gasteiger partial charge on any atom is 0.229 e. The molecule has 0 aliphatic carbocycles. The fraction of sp³-hybridized carbons (Fsp3) is 0.200. The lowest BCUT2D eigenvalue weighted by Gasteiger charge is -2.07. The fourth-order valence-electron chi connectivity index (χ4n) is 2.79. The van der Waals surface area contributed by atoms with Gasteiger partial charge in [0, 0.05) is 27.5 Å². The van der Waals surface area contributed by atoms with Crippen LogP contribution in [-0.2, 0) is 16.6 Å². The molecule has 3 rings (SSSR count). The first-order chi connectivity index (χ1) is 12.7. The molecule has 4 nitrogen and oxygen atoms in total. The van der Waals surface area contributed by atoms with Crippen molar-refractivity contribution in [2.24, 2.45) is 0 Å². The van der Waals surface area contributed by atoms with Crippen LogP contribution in [0.3, 0.4) is 0 Å². The topological polar surface area (TPSA) is 49.4 Å². The van der Waals surface area contributed by atoms with Crippen LogP contribution in [0.5, 0.6) is 0 Å². The number of thiophene rings is 1. The summed E-state index contributed by atoms with van der Waals surface area (Å²) in [5, 5.41) is 0. The maximum atomic E-state index is 13.3. The summed E-state index contributed by atoms with van der Waals surface area (Å²) in [6.45, 7) is 0.812. The van der Waals surface area contributed by atoms with Gasteiger partial charge in [0.05, 0.1) is 6.26 Å². The summed E-state index contributed by atoms with van der Waals surface area (Å²) in [5.74, 6) is -0.262. The lowest BCUT2D eigenvalue weighted by atomic mass is 10.0. The van der Waals surface area contributed by atoms with Gasteiger partial charge in [0.1, 0.15) is 5.82 Å². The Morgan fingerprint density at radius 3 is 2.15 bits per heavy atom. The van der Waals surface area contributed by atoms with E-state index in [0.717, 1.165) is 34.4 Å². The van der Waals surface area contributed by atoms with E-state index in [1.54, 1.807) is 35.6 Å². The molecule has 1 N–H and O–H groups in total. The van der Waals surface area contributed by atoms with Crippen molar-refractivity contribution in [1.29, 1.82) is 0 Å². The minimum absolute atomic E-state index is 0.262. The average Bonchev–Trinajstić information content (AvgIpc) is 2.98. The second kappa shape index (κ2) is 7.80. The molecule has 0 aliphatic rings. The van der Waals surface area contributed by atoms with Crippen LogP contribution in [0.25, 0.3) is 21.6 Å². The van der Waals surface area contributed by atoms with Crippen molar-refractivity contribution in [3.8, 4) is 21.6 Å². The van der Waals surface area contributed by atoms with E-state index in [0.29, 0.717) is 5.69 Å². The van der Waals surface area contributed by atoms with Gasteiger partial charge in [-0.15, -0.1) is 11.3 Å². The number of anilines is 1. The van der Waals surface area contributed by atoms with Crippen LogP contribution in [0.15, 0.2) is 54.6 Å². The smallest absolute Gasteiger partial charge is 0.229 e. The zero-order chi connectivity index (χ0) is 19.6. The number of halogens is 1. The molecule has 0 saturated heterocycles. The largest absolute Gasteiger partial charge is 0.304 e. The third-order valence-electron chi connectivity index (χ3n) is 3.86. The standard InChI is InChI=1S/C20H21FN2O2S2/c1-23(2)13-18-12-19(20(26-18)15-4-8-16(21)9-5-15)14-6-10-17(11-7-14)22-27(3,24)25/h4-12,22H,13H2,1-3H3. The van der Waals surface area contributed by atoms with Crippen LogP contribution in [0.1, 0.15) is 4.88 Å². The highest BCUT2D eigenvalue weighted by molar-refractivity contribution is 7.92. The number of benzene rings is 2. The Labute approximate surface area is 163 Å². The summed E-state index contributed by atoms with van der Waals surface area (Å²) in [7, 11) is 0.725. The SMILES string of the molecule is CN(C)Cc1cc(-c2ccc(NS(C)(=O)=O)cc2)c(-c2ccc(F)cc2)s1. The number of rotatable bonds is 6. The van der Waals surface area contributed by atoms with E-state index in [-0.39, 0.29) is 5.82 Å². The molecule has 0 aliphatic heterocycles. The molecular formula is C20H21FN2O2S2. The van der Waals surface area contributed by atoms with Crippen molar-refractivity contribution >= 4 is 27.0 Å². The molecule has 0 saturated carbocycles. The number of hydrogen-bond donors (Lipinski definition) is 1. The van der Waals surface area contributed by atoms with Gasteiger partial charge in [-0.1, -0.05) is 24.3 Å². The van der Waals surface area contributed by atoms with E-state index in [9.17, 15) is 12.8 Å². The van der Waals surface area contributed by atoms with Crippen LogP contribution in [0.4, 0.5) is 10.1 Å². The molecule has 0 fully saturated rings. The predicted octanol–water partition coefficient (Wildman–Crippen LogP) is 4.65. The monoisotopic (exact) mass is 404 g/mol. The van der Waals surface area contributed by atoms with E-state index < -0.39 is 10.0 Å². The summed E-state index contributed by atoms with van der Waals surface area (Å²) in [4.78, 5) is 4.37. The molecule has 0 spiro atoms. The Kier molecular flexibility index (Phi) is 5.64. The minimum atomic E-state index is -3.31. The Hall–Kier alpha value is -2.22. The molecule has 27 heavy (non-hydrogen) atoms. The number of nitrogens with zero attached hydrogens (tertiary/aromatic N) is 1. The maximum absolute atomic E-state index is 13.3. The van der Waals surface area contributed by atoms with Gasteiger partial charge in [0.15, 0.2) is 0 Å². The van der Waals surface area contributed by atoms with Crippen molar-refractivity contribution < 1.29 is 12.8 Å². The summed E-state index contributed by atoms with van der Waals surface area (Å²) in [5.41, 5.74) is 3.51. The van der Waals surface area contributed by atoms with Crippen LogP contribution in [0, 0.1) is 5.82 Å². The summed E-state index contributed by atoms with van der Waals surface area (Å²) >= 11 is 1.68. The van der Waals surface area contributed by atoms with E-state index in [4.69, 9.17) is 0 Å². The van der Waals surface area contributed by atoms with Crippen molar-refractivity contribution in [1.82, 2.24) is 4.90 Å². The molecule has 0 radical (unpaired) electrons. The van der Waals surface area contributed by atoms with Crippen molar-refractivity contribution in [3.05, 3.63) is 65.3 Å². The van der Waals surface area contributed by atoms with Crippen molar-refractivity contribution in [2.75, 3.05) is 25.1 Å². The minimum Gasteiger partial charge on any atom is -0.304 e. The molecule has 7 heteroatoms. The highest BCUT2D eigenvalue weighted by atomic mass is 32.2.